The van der Waals surface area contributed by atoms with Gasteiger partial charge in [0.05, 0.1) is 11.0 Å². The summed E-state index contributed by atoms with van der Waals surface area (Å²) < 4.78 is 8.62. The van der Waals surface area contributed by atoms with Crippen LogP contribution in [0.4, 0.5) is 0 Å². The van der Waals surface area contributed by atoms with Crippen molar-refractivity contribution in [2.24, 2.45) is 0 Å². The van der Waals surface area contributed by atoms with Gasteiger partial charge in [-0.25, -0.2) is 15.0 Å². The second-order valence-electron chi connectivity index (χ2n) is 14.4. The SMILES string of the molecule is CC1(C)c2ccccc2-c2c1ccc1c2c2ccccc2n1-c1ccc(-c2nc(-c3ccccc3)nc(-c3ccc4c(c3)oc3ccccc34)n2)cc1. The molecule has 5 nitrogen and oxygen atoms in total. The Morgan fingerprint density at radius 2 is 1.09 bits per heavy atom. The van der Waals surface area contributed by atoms with E-state index in [1.54, 1.807) is 0 Å². The molecule has 0 saturated heterocycles. The first-order valence-electron chi connectivity index (χ1n) is 18.0. The topological polar surface area (TPSA) is 56.7 Å². The molecule has 53 heavy (non-hydrogen) atoms. The summed E-state index contributed by atoms with van der Waals surface area (Å²) in [6, 6.07) is 55.3. The van der Waals surface area contributed by atoms with Gasteiger partial charge in [-0.2, -0.15) is 0 Å². The molecule has 0 aliphatic heterocycles. The Morgan fingerprint density at radius 3 is 1.91 bits per heavy atom. The van der Waals surface area contributed by atoms with E-state index in [9.17, 15) is 0 Å². The molecular weight excluding hydrogens is 649 g/mol. The molecule has 250 valence electrons. The average molecular weight is 681 g/mol. The van der Waals surface area contributed by atoms with Gasteiger partial charge >= 0.3 is 0 Å². The molecule has 0 bridgehead atoms. The van der Waals surface area contributed by atoms with Crippen LogP contribution in [0.25, 0.3) is 94.7 Å². The van der Waals surface area contributed by atoms with Crippen LogP contribution in [0, 0.1) is 0 Å². The normalized spacial score (nSPS) is 13.2. The van der Waals surface area contributed by atoms with Crippen molar-refractivity contribution in [3.8, 4) is 51.0 Å². The molecule has 0 unspecified atom stereocenters. The monoisotopic (exact) mass is 680 g/mol. The number of hydrogen-bond acceptors (Lipinski definition) is 4. The zero-order chi connectivity index (χ0) is 35.3. The molecule has 0 N–H and O–H groups in total. The maximum absolute atomic E-state index is 6.23. The third-order valence-corrected chi connectivity index (χ3v) is 11.1. The predicted molar refractivity (Wildman–Crippen MR) is 215 cm³/mol. The molecule has 0 spiro atoms. The molecule has 0 radical (unpaired) electrons. The molecular formula is C48H32N4O. The van der Waals surface area contributed by atoms with Crippen molar-refractivity contribution in [3.63, 3.8) is 0 Å². The summed E-state index contributed by atoms with van der Waals surface area (Å²) in [5, 5.41) is 4.72. The molecule has 11 rings (SSSR count). The molecule has 7 aromatic carbocycles. The van der Waals surface area contributed by atoms with E-state index < -0.39 is 0 Å². The summed E-state index contributed by atoms with van der Waals surface area (Å²) >= 11 is 0. The van der Waals surface area contributed by atoms with Crippen LogP contribution >= 0.6 is 0 Å². The number of nitrogens with zero attached hydrogens (tertiary/aromatic N) is 4. The Bertz CT molecular complexity index is 3080. The number of hydrogen-bond donors (Lipinski definition) is 0. The summed E-state index contributed by atoms with van der Waals surface area (Å²) in [4.78, 5) is 15.0. The maximum atomic E-state index is 6.23. The molecule has 0 atom stereocenters. The Hall–Kier alpha value is -6.85. The lowest BCUT2D eigenvalue weighted by Crippen LogP contribution is -2.14. The molecule has 0 fully saturated rings. The Balaban J connectivity index is 1.06. The van der Waals surface area contributed by atoms with E-state index >= 15 is 0 Å². The largest absolute Gasteiger partial charge is 0.456 e. The molecule has 10 aromatic rings. The van der Waals surface area contributed by atoms with Gasteiger partial charge in [-0.3, -0.25) is 0 Å². The number of fused-ring (bicyclic) bond motifs is 10. The van der Waals surface area contributed by atoms with Gasteiger partial charge in [-0.05, 0) is 76.9 Å². The lowest BCUT2D eigenvalue weighted by Gasteiger charge is -2.21. The van der Waals surface area contributed by atoms with Crippen LogP contribution in [-0.2, 0) is 5.41 Å². The summed E-state index contributed by atoms with van der Waals surface area (Å²) in [6.45, 7) is 4.68. The van der Waals surface area contributed by atoms with Crippen molar-refractivity contribution in [2.75, 3.05) is 0 Å². The molecule has 5 heteroatoms. The van der Waals surface area contributed by atoms with Crippen LogP contribution in [0.1, 0.15) is 25.0 Å². The van der Waals surface area contributed by atoms with Crippen molar-refractivity contribution in [1.82, 2.24) is 19.5 Å². The Morgan fingerprint density at radius 1 is 0.472 bits per heavy atom. The lowest BCUT2D eigenvalue weighted by molar-refractivity contribution is 0.661. The van der Waals surface area contributed by atoms with Crippen LogP contribution in [0.2, 0.25) is 0 Å². The molecule has 1 aliphatic carbocycles. The highest BCUT2D eigenvalue weighted by Crippen LogP contribution is 2.53. The van der Waals surface area contributed by atoms with Gasteiger partial charge in [0.25, 0.3) is 0 Å². The standard InChI is InChI=1S/C48H32N4O/c1-48(2)37-17-9-6-15-35(37)43-38(48)26-27-40-44(43)36-16-7-10-18-39(36)52(40)32-23-20-30(21-24-32)46-49-45(29-12-4-3-5-13-29)50-47(51-46)31-22-25-34-33-14-8-11-19-41(33)53-42(34)28-31/h3-28H,1-2H3. The minimum absolute atomic E-state index is 0.0647. The zero-order valence-corrected chi connectivity index (χ0v) is 29.2. The van der Waals surface area contributed by atoms with Crippen molar-refractivity contribution < 1.29 is 4.42 Å². The zero-order valence-electron chi connectivity index (χ0n) is 29.2. The van der Waals surface area contributed by atoms with E-state index in [0.29, 0.717) is 17.5 Å². The highest BCUT2D eigenvalue weighted by molar-refractivity contribution is 6.18. The molecule has 3 aromatic heterocycles. The minimum Gasteiger partial charge on any atom is -0.456 e. The Kier molecular flexibility index (Phi) is 6.23. The van der Waals surface area contributed by atoms with Crippen LogP contribution < -0.4 is 0 Å². The van der Waals surface area contributed by atoms with Crippen LogP contribution in [0.15, 0.2) is 162 Å². The quantitative estimate of drug-likeness (QED) is 0.186. The van der Waals surface area contributed by atoms with Gasteiger partial charge in [0.15, 0.2) is 17.5 Å². The molecule has 1 aliphatic rings. The smallest absolute Gasteiger partial charge is 0.164 e. The molecule has 3 heterocycles. The second-order valence-corrected chi connectivity index (χ2v) is 14.4. The fraction of sp³-hybridized carbons (Fsp3) is 0.0625. The van der Waals surface area contributed by atoms with Gasteiger partial charge in [0, 0.05) is 49.3 Å². The van der Waals surface area contributed by atoms with E-state index in [2.05, 4.69) is 122 Å². The fourth-order valence-electron chi connectivity index (χ4n) is 8.51. The number of benzene rings is 7. The van der Waals surface area contributed by atoms with E-state index in [1.165, 1.54) is 44.1 Å². The molecule has 0 saturated carbocycles. The van der Waals surface area contributed by atoms with Gasteiger partial charge in [0.2, 0.25) is 0 Å². The van der Waals surface area contributed by atoms with Crippen molar-refractivity contribution in [3.05, 3.63) is 169 Å². The van der Waals surface area contributed by atoms with Gasteiger partial charge < -0.3 is 8.98 Å². The Labute approximate surface area is 305 Å². The van der Waals surface area contributed by atoms with Crippen molar-refractivity contribution in [1.29, 1.82) is 0 Å². The minimum atomic E-state index is -0.0647. The highest BCUT2D eigenvalue weighted by atomic mass is 16.3. The van der Waals surface area contributed by atoms with Crippen molar-refractivity contribution in [2.45, 2.75) is 19.3 Å². The summed E-state index contributed by atoms with van der Waals surface area (Å²) in [5.74, 6) is 1.84. The number of rotatable bonds is 4. The maximum Gasteiger partial charge on any atom is 0.164 e. The third kappa shape index (κ3) is 4.40. The second kappa shape index (κ2) is 11.1. The fourth-order valence-corrected chi connectivity index (χ4v) is 8.51. The van der Waals surface area contributed by atoms with Gasteiger partial charge in [-0.1, -0.05) is 117 Å². The first-order valence-corrected chi connectivity index (χ1v) is 18.0. The number of aromatic nitrogens is 4. The average Bonchev–Trinajstić information content (AvgIpc) is 3.83. The summed E-state index contributed by atoms with van der Waals surface area (Å²) in [6.07, 6.45) is 0. The van der Waals surface area contributed by atoms with Gasteiger partial charge in [0.1, 0.15) is 11.2 Å². The first kappa shape index (κ1) is 29.8. The van der Waals surface area contributed by atoms with Crippen LogP contribution in [-0.4, -0.2) is 19.5 Å². The van der Waals surface area contributed by atoms with Crippen LogP contribution in [0.5, 0.6) is 0 Å². The predicted octanol–water partition coefficient (Wildman–Crippen LogP) is 12.2. The van der Waals surface area contributed by atoms with Crippen LogP contribution in [0.3, 0.4) is 0 Å². The van der Waals surface area contributed by atoms with Crippen molar-refractivity contribution >= 4 is 43.7 Å². The van der Waals surface area contributed by atoms with E-state index in [-0.39, 0.29) is 5.41 Å². The summed E-state index contributed by atoms with van der Waals surface area (Å²) in [5.41, 5.74) is 13.2. The first-order chi connectivity index (χ1) is 26.0. The van der Waals surface area contributed by atoms with E-state index in [4.69, 9.17) is 19.4 Å². The lowest BCUT2D eigenvalue weighted by atomic mass is 9.82. The number of furan rings is 1. The third-order valence-electron chi connectivity index (χ3n) is 11.1. The number of para-hydroxylation sites is 2. The molecule has 0 amide bonds. The highest BCUT2D eigenvalue weighted by Gasteiger charge is 2.37. The van der Waals surface area contributed by atoms with Gasteiger partial charge in [-0.15, -0.1) is 0 Å². The summed E-state index contributed by atoms with van der Waals surface area (Å²) in [7, 11) is 0. The van der Waals surface area contributed by atoms with E-state index in [1.807, 2.05) is 54.6 Å². The van der Waals surface area contributed by atoms with E-state index in [0.717, 1.165) is 44.3 Å².